The summed E-state index contributed by atoms with van der Waals surface area (Å²) in [6.07, 6.45) is 0.138. The first-order valence-corrected chi connectivity index (χ1v) is 7.80. The Bertz CT molecular complexity index is 788. The van der Waals surface area contributed by atoms with Crippen LogP contribution in [-0.4, -0.2) is 17.9 Å². The van der Waals surface area contributed by atoms with Crippen LogP contribution in [0.5, 0.6) is 0 Å². The fourth-order valence-electron chi connectivity index (χ4n) is 2.77. The SMILES string of the molecule is Cc1cccc(N[C@H]2CC(=O)N(c3cccc(Cl)c3C)C2=O)c1. The van der Waals surface area contributed by atoms with Gasteiger partial charge < -0.3 is 5.32 Å². The number of nitrogens with one attached hydrogen (secondary N) is 1. The molecule has 4 nitrogen and oxygen atoms in total. The molecule has 0 unspecified atom stereocenters. The molecule has 118 valence electrons. The highest BCUT2D eigenvalue weighted by atomic mass is 35.5. The first-order chi connectivity index (χ1) is 11.0. The monoisotopic (exact) mass is 328 g/mol. The first-order valence-electron chi connectivity index (χ1n) is 7.42. The molecular weight excluding hydrogens is 312 g/mol. The first kappa shape index (κ1) is 15.6. The Morgan fingerprint density at radius 2 is 1.87 bits per heavy atom. The quantitative estimate of drug-likeness (QED) is 0.874. The second kappa shape index (κ2) is 6.05. The average molecular weight is 329 g/mol. The number of benzene rings is 2. The van der Waals surface area contributed by atoms with Gasteiger partial charge in [0.05, 0.1) is 12.1 Å². The van der Waals surface area contributed by atoms with Gasteiger partial charge >= 0.3 is 0 Å². The summed E-state index contributed by atoms with van der Waals surface area (Å²) in [4.78, 5) is 26.2. The molecule has 0 aromatic heterocycles. The second-order valence-electron chi connectivity index (χ2n) is 5.72. The average Bonchev–Trinajstić information content (AvgIpc) is 2.77. The predicted molar refractivity (Wildman–Crippen MR) is 91.9 cm³/mol. The Balaban J connectivity index is 1.87. The minimum Gasteiger partial charge on any atom is -0.373 e. The molecule has 0 spiro atoms. The van der Waals surface area contributed by atoms with Gasteiger partial charge in [0.15, 0.2) is 0 Å². The zero-order valence-electron chi connectivity index (χ0n) is 13.0. The molecule has 1 heterocycles. The molecule has 2 amide bonds. The third-order valence-electron chi connectivity index (χ3n) is 3.99. The molecule has 0 radical (unpaired) electrons. The van der Waals surface area contributed by atoms with E-state index in [4.69, 9.17) is 11.6 Å². The molecule has 0 bridgehead atoms. The van der Waals surface area contributed by atoms with Gasteiger partial charge in [0, 0.05) is 10.7 Å². The number of halogens is 1. The van der Waals surface area contributed by atoms with Gasteiger partial charge in [-0.25, -0.2) is 4.90 Å². The molecule has 1 atom stereocenters. The summed E-state index contributed by atoms with van der Waals surface area (Å²) in [5, 5.41) is 3.69. The lowest BCUT2D eigenvalue weighted by atomic mass is 10.1. The van der Waals surface area contributed by atoms with Crippen molar-refractivity contribution in [3.8, 4) is 0 Å². The third-order valence-corrected chi connectivity index (χ3v) is 4.40. The highest BCUT2D eigenvalue weighted by Crippen LogP contribution is 2.31. The number of carbonyl (C=O) groups excluding carboxylic acids is 2. The Hall–Kier alpha value is -2.33. The van der Waals surface area contributed by atoms with Crippen LogP contribution in [0.25, 0.3) is 0 Å². The van der Waals surface area contributed by atoms with Crippen molar-refractivity contribution in [1.29, 1.82) is 0 Å². The number of imide groups is 1. The number of amides is 2. The van der Waals surface area contributed by atoms with Crippen molar-refractivity contribution >= 4 is 34.8 Å². The molecule has 1 fully saturated rings. The van der Waals surface area contributed by atoms with E-state index in [0.717, 1.165) is 16.8 Å². The molecule has 0 aliphatic carbocycles. The Kier molecular flexibility index (Phi) is 4.09. The highest BCUT2D eigenvalue weighted by molar-refractivity contribution is 6.32. The number of anilines is 2. The van der Waals surface area contributed by atoms with Crippen LogP contribution < -0.4 is 10.2 Å². The second-order valence-corrected chi connectivity index (χ2v) is 6.13. The maximum Gasteiger partial charge on any atom is 0.256 e. The van der Waals surface area contributed by atoms with Crippen molar-refractivity contribution < 1.29 is 9.59 Å². The van der Waals surface area contributed by atoms with E-state index in [1.165, 1.54) is 4.90 Å². The third kappa shape index (κ3) is 2.94. The number of hydrogen-bond acceptors (Lipinski definition) is 3. The fourth-order valence-corrected chi connectivity index (χ4v) is 2.94. The van der Waals surface area contributed by atoms with E-state index in [2.05, 4.69) is 5.32 Å². The molecule has 5 heteroatoms. The van der Waals surface area contributed by atoms with Crippen molar-refractivity contribution in [2.45, 2.75) is 26.3 Å². The Morgan fingerprint density at radius 1 is 1.13 bits per heavy atom. The molecule has 2 aromatic carbocycles. The number of hydrogen-bond donors (Lipinski definition) is 1. The van der Waals surface area contributed by atoms with Gasteiger partial charge in [-0.2, -0.15) is 0 Å². The van der Waals surface area contributed by atoms with E-state index in [9.17, 15) is 9.59 Å². The fraction of sp³-hybridized carbons (Fsp3) is 0.222. The van der Waals surface area contributed by atoms with Gasteiger partial charge in [0.25, 0.3) is 5.91 Å². The molecule has 23 heavy (non-hydrogen) atoms. The van der Waals surface area contributed by atoms with E-state index in [1.807, 2.05) is 31.2 Å². The van der Waals surface area contributed by atoms with E-state index >= 15 is 0 Å². The molecular formula is C18H17ClN2O2. The van der Waals surface area contributed by atoms with Crippen LogP contribution in [0.1, 0.15) is 17.5 Å². The van der Waals surface area contributed by atoms with E-state index in [-0.39, 0.29) is 18.2 Å². The normalized spacial score (nSPS) is 17.7. The lowest BCUT2D eigenvalue weighted by Crippen LogP contribution is -2.35. The summed E-state index contributed by atoms with van der Waals surface area (Å²) in [7, 11) is 0. The van der Waals surface area contributed by atoms with Crippen molar-refractivity contribution in [3.63, 3.8) is 0 Å². The van der Waals surface area contributed by atoms with Crippen LogP contribution in [0.3, 0.4) is 0 Å². The largest absolute Gasteiger partial charge is 0.373 e. The number of carbonyl (C=O) groups is 2. The van der Waals surface area contributed by atoms with Crippen LogP contribution in [0, 0.1) is 13.8 Å². The summed E-state index contributed by atoms with van der Waals surface area (Å²) in [6.45, 7) is 3.79. The maximum atomic E-state index is 12.7. The molecule has 1 N–H and O–H groups in total. The minimum absolute atomic E-state index is 0.138. The number of nitrogens with zero attached hydrogens (tertiary/aromatic N) is 1. The van der Waals surface area contributed by atoms with Gasteiger partial charge in [-0.15, -0.1) is 0 Å². The summed E-state index contributed by atoms with van der Waals surface area (Å²) >= 11 is 6.11. The molecule has 1 saturated heterocycles. The zero-order chi connectivity index (χ0) is 16.6. The molecule has 2 aromatic rings. The highest BCUT2D eigenvalue weighted by Gasteiger charge is 2.40. The minimum atomic E-state index is -0.553. The van der Waals surface area contributed by atoms with Crippen molar-refractivity contribution in [2.75, 3.05) is 10.2 Å². The van der Waals surface area contributed by atoms with Gasteiger partial charge in [-0.3, -0.25) is 9.59 Å². The Morgan fingerprint density at radius 3 is 2.61 bits per heavy atom. The lowest BCUT2D eigenvalue weighted by molar-refractivity contribution is -0.121. The summed E-state index contributed by atoms with van der Waals surface area (Å²) < 4.78 is 0. The van der Waals surface area contributed by atoms with Gasteiger partial charge in [-0.05, 0) is 49.2 Å². The lowest BCUT2D eigenvalue weighted by Gasteiger charge is -2.18. The summed E-state index contributed by atoms with van der Waals surface area (Å²) in [5.41, 5.74) is 3.21. The number of rotatable bonds is 3. The standard InChI is InChI=1S/C18H17ClN2O2/c1-11-5-3-6-13(9-11)20-15-10-17(22)21(18(15)23)16-8-4-7-14(19)12(16)2/h3-9,15,20H,10H2,1-2H3/t15-/m0/s1. The van der Waals surface area contributed by atoms with Crippen LogP contribution in [0.2, 0.25) is 5.02 Å². The topological polar surface area (TPSA) is 49.4 Å². The molecule has 1 aliphatic heterocycles. The molecule has 3 rings (SSSR count). The van der Waals surface area contributed by atoms with Gasteiger partial charge in [-0.1, -0.05) is 29.8 Å². The Labute approximate surface area is 140 Å². The van der Waals surface area contributed by atoms with E-state index < -0.39 is 6.04 Å². The van der Waals surface area contributed by atoms with E-state index in [1.54, 1.807) is 25.1 Å². The summed E-state index contributed by atoms with van der Waals surface area (Å²) in [5.74, 6) is -0.465. The van der Waals surface area contributed by atoms with Crippen molar-refractivity contribution in [2.24, 2.45) is 0 Å². The zero-order valence-corrected chi connectivity index (χ0v) is 13.7. The van der Waals surface area contributed by atoms with Crippen LogP contribution in [-0.2, 0) is 9.59 Å². The summed E-state index contributed by atoms with van der Waals surface area (Å²) in [6, 6.07) is 12.4. The molecule has 1 aliphatic rings. The number of aryl methyl sites for hydroxylation is 1. The van der Waals surface area contributed by atoms with Crippen LogP contribution in [0.15, 0.2) is 42.5 Å². The van der Waals surface area contributed by atoms with Crippen molar-refractivity contribution in [3.05, 3.63) is 58.6 Å². The smallest absolute Gasteiger partial charge is 0.256 e. The van der Waals surface area contributed by atoms with Gasteiger partial charge in [0.2, 0.25) is 5.91 Å². The maximum absolute atomic E-state index is 12.7. The van der Waals surface area contributed by atoms with Crippen molar-refractivity contribution in [1.82, 2.24) is 0 Å². The molecule has 0 saturated carbocycles. The van der Waals surface area contributed by atoms with Crippen LogP contribution in [0.4, 0.5) is 11.4 Å². The van der Waals surface area contributed by atoms with Crippen LogP contribution >= 0.6 is 11.6 Å². The van der Waals surface area contributed by atoms with Gasteiger partial charge in [0.1, 0.15) is 6.04 Å². The van der Waals surface area contributed by atoms with E-state index in [0.29, 0.717) is 10.7 Å². The predicted octanol–water partition coefficient (Wildman–Crippen LogP) is 3.70.